The third-order valence-electron chi connectivity index (χ3n) is 4.91. The molecule has 5 unspecified atom stereocenters. The minimum absolute atomic E-state index is 0.121. The maximum absolute atomic E-state index is 10.9. The highest BCUT2D eigenvalue weighted by Crippen LogP contribution is 2.37. The summed E-state index contributed by atoms with van der Waals surface area (Å²) in [4.78, 5) is 32.1. The Labute approximate surface area is 177 Å². The highest BCUT2D eigenvalue weighted by molar-refractivity contribution is 7.44. The number of hydrogen-bond acceptors (Lipinski definition) is 12. The Morgan fingerprint density at radius 3 is 2.71 bits per heavy atom. The number of nitrogens with two attached hydrogens (primary N) is 2. The zero-order chi connectivity index (χ0) is 22.6. The fraction of sp³-hybridized carbons (Fsp3) is 0.688. The molecular weight excluding hydrogens is 433 g/mol. The van der Waals surface area contributed by atoms with Gasteiger partial charge < -0.3 is 46.0 Å². The van der Waals surface area contributed by atoms with E-state index in [0.717, 1.165) is 25.7 Å². The van der Waals surface area contributed by atoms with Crippen molar-refractivity contribution in [2.45, 2.75) is 50.2 Å². The van der Waals surface area contributed by atoms with Gasteiger partial charge in [0.25, 0.3) is 7.82 Å². The molecule has 31 heavy (non-hydrogen) atoms. The van der Waals surface area contributed by atoms with Crippen molar-refractivity contribution in [3.63, 3.8) is 0 Å². The van der Waals surface area contributed by atoms with Crippen LogP contribution >= 0.6 is 7.82 Å². The number of rotatable bonds is 11. The molecule has 0 saturated carbocycles. The molecule has 1 aliphatic rings. The van der Waals surface area contributed by atoms with Crippen molar-refractivity contribution in [2.24, 2.45) is 5.73 Å². The van der Waals surface area contributed by atoms with Crippen LogP contribution in [-0.4, -0.2) is 72.6 Å². The van der Waals surface area contributed by atoms with Crippen LogP contribution in [0.25, 0.3) is 11.2 Å². The van der Waals surface area contributed by atoms with Crippen LogP contribution in [0, 0.1) is 0 Å². The smallest absolute Gasteiger partial charge is 0.265 e. The molecule has 0 radical (unpaired) electrons. The molecule has 0 spiro atoms. The molecule has 3 rings (SSSR count). The Hall–Kier alpha value is -1.90. The summed E-state index contributed by atoms with van der Waals surface area (Å²) in [5.41, 5.74) is 11.9. The van der Waals surface area contributed by atoms with Crippen molar-refractivity contribution in [1.29, 1.82) is 0 Å². The van der Waals surface area contributed by atoms with E-state index in [-0.39, 0.29) is 22.9 Å². The first kappa shape index (κ1) is 23.8. The lowest BCUT2D eigenvalue weighted by atomic mass is 10.1. The van der Waals surface area contributed by atoms with E-state index >= 15 is 0 Å². The predicted molar refractivity (Wildman–Crippen MR) is 107 cm³/mol. The third kappa shape index (κ3) is 5.67. The number of phosphoric acid groups is 1. The van der Waals surface area contributed by atoms with E-state index in [1.807, 2.05) is 0 Å². The summed E-state index contributed by atoms with van der Waals surface area (Å²) in [7, 11) is -5.03. The number of aliphatic hydroxyl groups is 2. The SMILES string of the molecule is NCCCCCCNc1nc2c(N)ncnc2n1C1OC(COP(=O)([O-])O)C(O)C1O. The quantitative estimate of drug-likeness (QED) is 0.165. The molecule has 15 heteroatoms. The van der Waals surface area contributed by atoms with Gasteiger partial charge in [-0.05, 0) is 19.4 Å². The van der Waals surface area contributed by atoms with E-state index in [1.54, 1.807) is 0 Å². The second kappa shape index (κ2) is 10.1. The Balaban J connectivity index is 1.82. The Bertz CT molecular complexity index is 923. The number of nitrogens with zero attached hydrogens (tertiary/aromatic N) is 4. The lowest BCUT2D eigenvalue weighted by Crippen LogP contribution is -2.34. The van der Waals surface area contributed by atoms with Crippen LogP contribution in [0.3, 0.4) is 0 Å². The van der Waals surface area contributed by atoms with Crippen LogP contribution in [-0.2, 0) is 13.8 Å². The lowest BCUT2D eigenvalue weighted by Gasteiger charge is -2.20. The molecule has 8 N–H and O–H groups in total. The highest BCUT2D eigenvalue weighted by atomic mass is 31.2. The van der Waals surface area contributed by atoms with Crippen molar-refractivity contribution in [3.8, 4) is 0 Å². The van der Waals surface area contributed by atoms with Crippen molar-refractivity contribution in [1.82, 2.24) is 19.5 Å². The van der Waals surface area contributed by atoms with Crippen LogP contribution < -0.4 is 21.7 Å². The largest absolute Gasteiger partial charge is 0.756 e. The minimum Gasteiger partial charge on any atom is -0.756 e. The number of ether oxygens (including phenoxy) is 1. The molecule has 1 saturated heterocycles. The number of unbranched alkanes of at least 4 members (excludes halogenated alkanes) is 3. The summed E-state index contributed by atoms with van der Waals surface area (Å²) in [6, 6.07) is 0. The van der Waals surface area contributed by atoms with Gasteiger partial charge in [0.2, 0.25) is 5.95 Å². The molecule has 0 amide bonds. The van der Waals surface area contributed by atoms with E-state index in [2.05, 4.69) is 24.8 Å². The van der Waals surface area contributed by atoms with Crippen molar-refractivity contribution >= 4 is 30.8 Å². The zero-order valence-electron chi connectivity index (χ0n) is 16.7. The number of aromatic nitrogens is 4. The summed E-state index contributed by atoms with van der Waals surface area (Å²) >= 11 is 0. The maximum atomic E-state index is 10.9. The molecule has 0 aromatic carbocycles. The zero-order valence-corrected chi connectivity index (χ0v) is 17.6. The van der Waals surface area contributed by atoms with Gasteiger partial charge in [-0.3, -0.25) is 9.13 Å². The van der Waals surface area contributed by atoms with Crippen LogP contribution in [0.1, 0.15) is 31.9 Å². The molecule has 5 atom stereocenters. The monoisotopic (exact) mass is 460 g/mol. The Morgan fingerprint density at radius 2 is 2.00 bits per heavy atom. The molecule has 1 aliphatic heterocycles. The normalized spacial score (nSPS) is 25.7. The van der Waals surface area contributed by atoms with Gasteiger partial charge in [-0.25, -0.2) is 15.0 Å². The van der Waals surface area contributed by atoms with E-state index in [0.29, 0.717) is 13.1 Å². The number of anilines is 2. The molecule has 14 nitrogen and oxygen atoms in total. The Morgan fingerprint density at radius 1 is 1.26 bits per heavy atom. The lowest BCUT2D eigenvalue weighted by molar-refractivity contribution is -0.222. The van der Waals surface area contributed by atoms with E-state index in [1.165, 1.54) is 10.9 Å². The summed E-state index contributed by atoms with van der Waals surface area (Å²) < 4.78 is 22.2. The van der Waals surface area contributed by atoms with Crippen molar-refractivity contribution < 1.29 is 33.8 Å². The Kier molecular flexibility index (Phi) is 7.78. The summed E-state index contributed by atoms with van der Waals surface area (Å²) in [6.45, 7) is 0.520. The number of phosphoric ester groups is 1. The summed E-state index contributed by atoms with van der Waals surface area (Å²) in [6.07, 6.45) is -0.379. The van der Waals surface area contributed by atoms with E-state index in [9.17, 15) is 19.7 Å². The number of nitrogen functional groups attached to an aromatic ring is 1. The van der Waals surface area contributed by atoms with Gasteiger partial charge in [0.15, 0.2) is 23.2 Å². The molecular formula is C16H27N7O7P-. The molecule has 0 aliphatic carbocycles. The molecule has 0 bridgehead atoms. The second-order valence-corrected chi connectivity index (χ2v) is 8.37. The average Bonchev–Trinajstić information content (AvgIpc) is 3.21. The number of nitrogens with one attached hydrogen (secondary N) is 1. The van der Waals surface area contributed by atoms with Gasteiger partial charge in [0.05, 0.1) is 6.61 Å². The van der Waals surface area contributed by atoms with Crippen LogP contribution in [0.4, 0.5) is 11.8 Å². The molecule has 1 fully saturated rings. The highest BCUT2D eigenvalue weighted by Gasteiger charge is 2.45. The van der Waals surface area contributed by atoms with Crippen LogP contribution in [0.2, 0.25) is 0 Å². The fourth-order valence-corrected chi connectivity index (χ4v) is 3.70. The van der Waals surface area contributed by atoms with Crippen LogP contribution in [0.5, 0.6) is 0 Å². The maximum Gasteiger partial charge on any atom is 0.265 e. The first-order valence-corrected chi connectivity index (χ1v) is 11.3. The minimum atomic E-state index is -5.03. The average molecular weight is 460 g/mol. The second-order valence-electron chi connectivity index (χ2n) is 7.18. The topological polar surface area (TPSA) is 227 Å². The van der Waals surface area contributed by atoms with Gasteiger partial charge in [-0.2, -0.15) is 0 Å². The van der Waals surface area contributed by atoms with E-state index < -0.39 is 39.0 Å². The third-order valence-corrected chi connectivity index (χ3v) is 5.39. The number of aliphatic hydroxyl groups excluding tert-OH is 2. The number of imidazole rings is 1. The molecule has 3 heterocycles. The van der Waals surface area contributed by atoms with Crippen LogP contribution in [0.15, 0.2) is 6.33 Å². The van der Waals surface area contributed by atoms with E-state index in [4.69, 9.17) is 21.1 Å². The number of fused-ring (bicyclic) bond motifs is 1. The van der Waals surface area contributed by atoms with Crippen molar-refractivity contribution in [2.75, 3.05) is 30.7 Å². The van der Waals surface area contributed by atoms with Gasteiger partial charge >= 0.3 is 0 Å². The summed E-state index contributed by atoms with van der Waals surface area (Å²) in [5.74, 6) is 0.408. The molecule has 2 aromatic heterocycles. The first-order valence-electron chi connectivity index (χ1n) is 9.85. The standard InChI is InChI=1S/C16H28N7O7P/c17-5-3-1-2-4-6-19-16-22-10-13(18)20-8-21-14(10)23(16)15-12(25)11(24)9(30-15)7-29-31(26,27)28/h8-9,11-12,15,24-25H,1-7,17H2,(H,19,22)(H2,18,20,21)(H2,26,27,28)/p-1. The summed E-state index contributed by atoms with van der Waals surface area (Å²) in [5, 5.41) is 24.0. The van der Waals surface area contributed by atoms with Crippen molar-refractivity contribution in [3.05, 3.63) is 6.33 Å². The number of hydrogen-bond donors (Lipinski definition) is 6. The van der Waals surface area contributed by atoms with Gasteiger partial charge in [-0.1, -0.05) is 12.8 Å². The predicted octanol–water partition coefficient (Wildman–Crippen LogP) is -1.56. The fourth-order valence-electron chi connectivity index (χ4n) is 3.36. The van der Waals surface area contributed by atoms with Gasteiger partial charge in [0.1, 0.15) is 24.6 Å². The van der Waals surface area contributed by atoms with Gasteiger partial charge in [0, 0.05) is 6.54 Å². The van der Waals surface area contributed by atoms with Gasteiger partial charge in [-0.15, -0.1) is 0 Å². The molecule has 174 valence electrons. The molecule has 2 aromatic rings. The first-order chi connectivity index (χ1) is 14.7.